The summed E-state index contributed by atoms with van der Waals surface area (Å²) in [6.45, 7) is 1.47. The highest BCUT2D eigenvalue weighted by molar-refractivity contribution is 6.30. The molecule has 1 aromatic heterocycles. The molecule has 5 nitrogen and oxygen atoms in total. The van der Waals surface area contributed by atoms with Gasteiger partial charge in [0.05, 0.1) is 4.92 Å². The topological polar surface area (TPSA) is 61.0 Å². The number of aromatic nitrogens is 2. The molecule has 1 heterocycles. The molecule has 0 N–H and O–H groups in total. The number of hydrogen-bond acceptors (Lipinski definition) is 3. The summed E-state index contributed by atoms with van der Waals surface area (Å²) in [5.41, 5.74) is -0.344. The number of nitro benzene ring substituents is 1. The van der Waals surface area contributed by atoms with Gasteiger partial charge in [-0.15, -0.1) is 0 Å². The van der Waals surface area contributed by atoms with Crippen molar-refractivity contribution < 1.29 is 13.7 Å². The quantitative estimate of drug-likeness (QED) is 0.639. The molecular formula is C11H8ClF2N3O2. The van der Waals surface area contributed by atoms with Crippen LogP contribution in [0.4, 0.5) is 14.5 Å². The Balaban J connectivity index is 2.59. The van der Waals surface area contributed by atoms with Crippen molar-refractivity contribution in [2.75, 3.05) is 0 Å². The molecule has 8 heteroatoms. The normalized spacial score (nSPS) is 11.0. The highest BCUT2D eigenvalue weighted by Gasteiger charge is 2.20. The summed E-state index contributed by atoms with van der Waals surface area (Å²) in [7, 11) is 0. The van der Waals surface area contributed by atoms with Crippen LogP contribution in [0.2, 0.25) is 5.02 Å². The van der Waals surface area contributed by atoms with Gasteiger partial charge in [0.25, 0.3) is 12.1 Å². The summed E-state index contributed by atoms with van der Waals surface area (Å²) in [4.78, 5) is 10.3. The molecule has 1 aromatic carbocycles. The SMILES string of the molecule is Cc1cn(-c2ccc(Cl)cc2[N+](=O)[O-])nc1C(F)F. The van der Waals surface area contributed by atoms with E-state index < -0.39 is 17.0 Å². The van der Waals surface area contributed by atoms with Gasteiger partial charge in [0.15, 0.2) is 0 Å². The molecule has 0 bridgehead atoms. The van der Waals surface area contributed by atoms with Gasteiger partial charge in [-0.3, -0.25) is 10.1 Å². The van der Waals surface area contributed by atoms with Crippen LogP contribution in [0.15, 0.2) is 24.4 Å². The second-order valence-corrected chi connectivity index (χ2v) is 4.27. The largest absolute Gasteiger partial charge is 0.296 e. The van der Waals surface area contributed by atoms with Crippen molar-refractivity contribution in [3.8, 4) is 5.69 Å². The Labute approximate surface area is 111 Å². The molecule has 0 amide bonds. The van der Waals surface area contributed by atoms with Crippen LogP contribution < -0.4 is 0 Å². The summed E-state index contributed by atoms with van der Waals surface area (Å²) in [6, 6.07) is 3.95. The van der Waals surface area contributed by atoms with Gasteiger partial charge in [-0.05, 0) is 24.6 Å². The van der Waals surface area contributed by atoms with Gasteiger partial charge in [0.1, 0.15) is 11.4 Å². The van der Waals surface area contributed by atoms with Crippen LogP contribution in [-0.2, 0) is 0 Å². The van der Waals surface area contributed by atoms with Gasteiger partial charge < -0.3 is 0 Å². The molecule has 19 heavy (non-hydrogen) atoms. The summed E-state index contributed by atoms with van der Waals surface area (Å²) in [5, 5.41) is 14.8. The molecule has 0 fully saturated rings. The third-order valence-electron chi connectivity index (χ3n) is 2.52. The molecule has 2 aromatic rings. The number of rotatable bonds is 3. The number of hydrogen-bond donors (Lipinski definition) is 0. The lowest BCUT2D eigenvalue weighted by Crippen LogP contribution is -2.01. The Bertz CT molecular complexity index is 643. The van der Waals surface area contributed by atoms with Crippen LogP contribution in [-0.4, -0.2) is 14.7 Å². The van der Waals surface area contributed by atoms with Gasteiger partial charge >= 0.3 is 0 Å². The molecule has 0 aliphatic rings. The predicted octanol–water partition coefficient (Wildman–Crippen LogP) is 3.68. The van der Waals surface area contributed by atoms with Crippen LogP contribution in [0.5, 0.6) is 0 Å². The summed E-state index contributed by atoms with van der Waals surface area (Å²) >= 11 is 5.68. The van der Waals surface area contributed by atoms with Crippen LogP contribution in [0.1, 0.15) is 17.7 Å². The summed E-state index contributed by atoms with van der Waals surface area (Å²) in [6.07, 6.45) is -1.41. The average molecular weight is 288 g/mol. The van der Waals surface area contributed by atoms with Crippen molar-refractivity contribution in [3.63, 3.8) is 0 Å². The molecule has 0 unspecified atom stereocenters. The second-order valence-electron chi connectivity index (χ2n) is 3.83. The van der Waals surface area contributed by atoms with Crippen LogP contribution in [0.25, 0.3) is 5.69 Å². The van der Waals surface area contributed by atoms with E-state index in [-0.39, 0.29) is 22.0 Å². The number of halogens is 3. The first-order valence-corrected chi connectivity index (χ1v) is 5.56. The lowest BCUT2D eigenvalue weighted by Gasteiger charge is -2.03. The van der Waals surface area contributed by atoms with E-state index in [0.717, 1.165) is 10.7 Å². The Hall–Kier alpha value is -2.02. The second kappa shape index (κ2) is 4.93. The minimum atomic E-state index is -2.73. The molecule has 0 spiro atoms. The zero-order valence-corrected chi connectivity index (χ0v) is 10.4. The first kappa shape index (κ1) is 13.4. The van der Waals surface area contributed by atoms with Gasteiger partial charge in [-0.1, -0.05) is 11.6 Å². The Morgan fingerprint density at radius 2 is 2.16 bits per heavy atom. The first-order chi connectivity index (χ1) is 8.90. The van der Waals surface area contributed by atoms with E-state index in [9.17, 15) is 18.9 Å². The average Bonchev–Trinajstić information content (AvgIpc) is 2.71. The van der Waals surface area contributed by atoms with Crippen molar-refractivity contribution in [1.29, 1.82) is 0 Å². The Morgan fingerprint density at radius 1 is 1.47 bits per heavy atom. The fourth-order valence-electron chi connectivity index (χ4n) is 1.65. The minimum absolute atomic E-state index is 0.0874. The van der Waals surface area contributed by atoms with Crippen molar-refractivity contribution in [2.24, 2.45) is 0 Å². The van der Waals surface area contributed by atoms with Gasteiger partial charge in [0.2, 0.25) is 0 Å². The molecule has 0 atom stereocenters. The Kier molecular flexibility index (Phi) is 3.48. The van der Waals surface area contributed by atoms with Crippen LogP contribution in [0, 0.1) is 17.0 Å². The lowest BCUT2D eigenvalue weighted by atomic mass is 10.2. The first-order valence-electron chi connectivity index (χ1n) is 5.18. The third-order valence-corrected chi connectivity index (χ3v) is 2.76. The van der Waals surface area contributed by atoms with Crippen molar-refractivity contribution in [2.45, 2.75) is 13.3 Å². The van der Waals surface area contributed by atoms with E-state index in [0.29, 0.717) is 0 Å². The van der Waals surface area contributed by atoms with E-state index in [2.05, 4.69) is 5.10 Å². The maximum Gasteiger partial charge on any atom is 0.296 e. The third kappa shape index (κ3) is 2.55. The minimum Gasteiger partial charge on any atom is -0.258 e. The van der Waals surface area contributed by atoms with Crippen LogP contribution >= 0.6 is 11.6 Å². The maximum absolute atomic E-state index is 12.6. The van der Waals surface area contributed by atoms with E-state index >= 15 is 0 Å². The molecule has 2 rings (SSSR count). The number of nitrogens with zero attached hydrogens (tertiary/aromatic N) is 3. The molecular weight excluding hydrogens is 280 g/mol. The number of alkyl halides is 2. The van der Waals surface area contributed by atoms with Crippen molar-refractivity contribution >= 4 is 17.3 Å². The zero-order valence-electron chi connectivity index (χ0n) is 9.68. The lowest BCUT2D eigenvalue weighted by molar-refractivity contribution is -0.384. The summed E-state index contributed by atoms with van der Waals surface area (Å²) in [5.74, 6) is 0. The molecule has 0 radical (unpaired) electrons. The maximum atomic E-state index is 12.6. The molecule has 100 valence electrons. The highest BCUT2D eigenvalue weighted by atomic mass is 35.5. The van der Waals surface area contributed by atoms with E-state index in [1.807, 2.05) is 0 Å². The van der Waals surface area contributed by atoms with Gasteiger partial charge in [0, 0.05) is 17.3 Å². The molecule has 0 aliphatic heterocycles. The molecule has 0 saturated carbocycles. The smallest absolute Gasteiger partial charge is 0.258 e. The van der Waals surface area contributed by atoms with E-state index in [1.165, 1.54) is 25.3 Å². The predicted molar refractivity (Wildman–Crippen MR) is 64.9 cm³/mol. The van der Waals surface area contributed by atoms with Gasteiger partial charge in [-0.2, -0.15) is 5.10 Å². The van der Waals surface area contributed by atoms with Gasteiger partial charge in [-0.25, -0.2) is 13.5 Å². The monoisotopic (exact) mass is 287 g/mol. The van der Waals surface area contributed by atoms with E-state index in [1.54, 1.807) is 0 Å². The number of nitro groups is 1. The summed E-state index contributed by atoms with van der Waals surface area (Å²) < 4.78 is 26.4. The molecule has 0 aliphatic carbocycles. The van der Waals surface area contributed by atoms with Crippen molar-refractivity contribution in [1.82, 2.24) is 9.78 Å². The van der Waals surface area contributed by atoms with Crippen molar-refractivity contribution in [3.05, 3.63) is 50.8 Å². The number of aryl methyl sites for hydroxylation is 1. The highest BCUT2D eigenvalue weighted by Crippen LogP contribution is 2.28. The van der Waals surface area contributed by atoms with E-state index in [4.69, 9.17) is 11.6 Å². The fourth-order valence-corrected chi connectivity index (χ4v) is 1.82. The Morgan fingerprint density at radius 3 is 2.68 bits per heavy atom. The number of benzene rings is 1. The van der Waals surface area contributed by atoms with Crippen LogP contribution in [0.3, 0.4) is 0 Å². The molecule has 0 saturated heterocycles. The standard InChI is InChI=1S/C11H8ClF2N3O2/c1-6-5-16(15-10(6)11(13)14)8-3-2-7(12)4-9(8)17(18)19/h2-5,11H,1H3. The fraction of sp³-hybridized carbons (Fsp3) is 0.182. The zero-order chi connectivity index (χ0) is 14.2.